The number of aromatic amines is 2. The number of pyridine rings is 1. The molecule has 29 heavy (non-hydrogen) atoms. The molecule has 3 N–H and O–H groups in total. The highest BCUT2D eigenvalue weighted by Crippen LogP contribution is 2.12. The van der Waals surface area contributed by atoms with Crippen molar-refractivity contribution in [3.05, 3.63) is 91.9 Å². The van der Waals surface area contributed by atoms with Crippen LogP contribution in [0.4, 0.5) is 0 Å². The summed E-state index contributed by atoms with van der Waals surface area (Å²) in [7, 11) is 0. The minimum Gasteiger partial charge on any atom is -0.473 e. The molecule has 0 aliphatic carbocycles. The molecular weight excluding hydrogens is 372 g/mol. The van der Waals surface area contributed by atoms with Crippen molar-refractivity contribution in [3.8, 4) is 5.88 Å². The second-order valence-electron chi connectivity index (χ2n) is 6.57. The van der Waals surface area contributed by atoms with Gasteiger partial charge in [0.05, 0.1) is 0 Å². The van der Waals surface area contributed by atoms with Crippen molar-refractivity contribution in [1.29, 1.82) is 0 Å². The number of aryl methyl sites for hydroxylation is 1. The SMILES string of the molecule is Cc1[nH]c(=O)[nH]c(=O)c1CCC(=O)NCc1ccnc(OCc2ccccc2)c1. The maximum absolute atomic E-state index is 12.1. The minimum absolute atomic E-state index is 0.137. The van der Waals surface area contributed by atoms with Crippen LogP contribution in [0.5, 0.6) is 5.88 Å². The van der Waals surface area contributed by atoms with Crippen molar-refractivity contribution in [3.63, 3.8) is 0 Å². The standard InChI is InChI=1S/C21H22N4O4/c1-14-17(20(27)25-21(28)24-14)7-8-18(26)23-12-16-9-10-22-19(11-16)29-13-15-5-3-2-4-6-15/h2-6,9-11H,7-8,12-13H2,1H3,(H,23,26)(H2,24,25,27,28). The van der Waals surface area contributed by atoms with Crippen molar-refractivity contribution in [2.24, 2.45) is 0 Å². The van der Waals surface area contributed by atoms with Crippen LogP contribution < -0.4 is 21.3 Å². The summed E-state index contributed by atoms with van der Waals surface area (Å²) in [6.07, 6.45) is 2.01. The summed E-state index contributed by atoms with van der Waals surface area (Å²) in [6, 6.07) is 13.4. The Morgan fingerprint density at radius 3 is 2.66 bits per heavy atom. The Morgan fingerprint density at radius 2 is 1.90 bits per heavy atom. The Morgan fingerprint density at radius 1 is 1.10 bits per heavy atom. The number of nitrogens with one attached hydrogen (secondary N) is 3. The van der Waals surface area contributed by atoms with Gasteiger partial charge in [0.25, 0.3) is 5.56 Å². The summed E-state index contributed by atoms with van der Waals surface area (Å²) in [5, 5.41) is 2.81. The number of benzene rings is 1. The van der Waals surface area contributed by atoms with E-state index in [-0.39, 0.29) is 18.7 Å². The van der Waals surface area contributed by atoms with Crippen molar-refractivity contribution < 1.29 is 9.53 Å². The fraction of sp³-hybridized carbons (Fsp3) is 0.238. The monoisotopic (exact) mass is 394 g/mol. The van der Waals surface area contributed by atoms with Crippen LogP contribution in [0.1, 0.15) is 28.8 Å². The lowest BCUT2D eigenvalue weighted by molar-refractivity contribution is -0.121. The first-order chi connectivity index (χ1) is 14.0. The number of hydrogen-bond acceptors (Lipinski definition) is 5. The molecule has 0 aliphatic heterocycles. The van der Waals surface area contributed by atoms with E-state index in [1.807, 2.05) is 30.3 Å². The van der Waals surface area contributed by atoms with Gasteiger partial charge in [-0.3, -0.25) is 14.6 Å². The van der Waals surface area contributed by atoms with Crippen molar-refractivity contribution in [1.82, 2.24) is 20.3 Å². The van der Waals surface area contributed by atoms with E-state index in [0.717, 1.165) is 11.1 Å². The summed E-state index contributed by atoms with van der Waals surface area (Å²) >= 11 is 0. The van der Waals surface area contributed by atoms with E-state index in [1.165, 1.54) is 0 Å². The second kappa shape index (κ2) is 9.50. The highest BCUT2D eigenvalue weighted by Gasteiger charge is 2.09. The van der Waals surface area contributed by atoms with Crippen LogP contribution in [0.25, 0.3) is 0 Å². The van der Waals surface area contributed by atoms with E-state index in [4.69, 9.17) is 4.74 Å². The summed E-state index contributed by atoms with van der Waals surface area (Å²) in [5.41, 5.74) is 1.76. The van der Waals surface area contributed by atoms with E-state index in [1.54, 1.807) is 25.3 Å². The van der Waals surface area contributed by atoms with Gasteiger partial charge in [-0.15, -0.1) is 0 Å². The highest BCUT2D eigenvalue weighted by atomic mass is 16.5. The molecule has 0 bridgehead atoms. The summed E-state index contributed by atoms with van der Waals surface area (Å²) in [5.74, 6) is 0.287. The fourth-order valence-electron chi connectivity index (χ4n) is 2.83. The molecule has 2 heterocycles. The molecule has 0 spiro atoms. The van der Waals surface area contributed by atoms with Crippen LogP contribution >= 0.6 is 0 Å². The smallest absolute Gasteiger partial charge is 0.325 e. The van der Waals surface area contributed by atoms with Gasteiger partial charge in [-0.2, -0.15) is 0 Å². The van der Waals surface area contributed by atoms with Crippen LogP contribution in [0, 0.1) is 6.92 Å². The Kier molecular flexibility index (Phi) is 6.57. The van der Waals surface area contributed by atoms with Gasteiger partial charge in [0.1, 0.15) is 6.61 Å². The van der Waals surface area contributed by atoms with E-state index in [2.05, 4.69) is 20.3 Å². The van der Waals surface area contributed by atoms with Gasteiger partial charge in [0, 0.05) is 36.5 Å². The number of aromatic nitrogens is 3. The summed E-state index contributed by atoms with van der Waals surface area (Å²) in [6.45, 7) is 2.37. The van der Waals surface area contributed by atoms with E-state index in [0.29, 0.717) is 30.3 Å². The first kappa shape index (κ1) is 20.1. The highest BCUT2D eigenvalue weighted by molar-refractivity contribution is 5.76. The largest absolute Gasteiger partial charge is 0.473 e. The van der Waals surface area contributed by atoms with E-state index >= 15 is 0 Å². The molecule has 3 aromatic rings. The molecule has 150 valence electrons. The number of hydrogen-bond donors (Lipinski definition) is 3. The van der Waals surface area contributed by atoms with Crippen molar-refractivity contribution >= 4 is 5.91 Å². The molecule has 1 aromatic carbocycles. The first-order valence-electron chi connectivity index (χ1n) is 9.21. The molecule has 8 heteroatoms. The van der Waals surface area contributed by atoms with Gasteiger partial charge < -0.3 is 15.0 Å². The van der Waals surface area contributed by atoms with Gasteiger partial charge in [-0.05, 0) is 30.5 Å². The van der Waals surface area contributed by atoms with E-state index < -0.39 is 11.2 Å². The number of carbonyl (C=O) groups excluding carboxylic acids is 1. The molecule has 0 saturated carbocycles. The van der Waals surface area contributed by atoms with Crippen LogP contribution in [-0.2, 0) is 24.4 Å². The maximum atomic E-state index is 12.1. The van der Waals surface area contributed by atoms with Crippen LogP contribution in [0.2, 0.25) is 0 Å². The number of amides is 1. The van der Waals surface area contributed by atoms with Gasteiger partial charge >= 0.3 is 5.69 Å². The maximum Gasteiger partial charge on any atom is 0.325 e. The van der Waals surface area contributed by atoms with Crippen molar-refractivity contribution in [2.75, 3.05) is 0 Å². The molecule has 8 nitrogen and oxygen atoms in total. The zero-order valence-electron chi connectivity index (χ0n) is 16.0. The minimum atomic E-state index is -0.552. The fourth-order valence-corrected chi connectivity index (χ4v) is 2.83. The molecule has 3 rings (SSSR count). The average molecular weight is 394 g/mol. The van der Waals surface area contributed by atoms with E-state index in [9.17, 15) is 14.4 Å². The van der Waals surface area contributed by atoms with Crippen LogP contribution in [0.15, 0.2) is 58.3 Å². The Balaban J connectivity index is 1.50. The van der Waals surface area contributed by atoms with Crippen LogP contribution in [-0.4, -0.2) is 20.9 Å². The molecule has 0 unspecified atom stereocenters. The van der Waals surface area contributed by atoms with Gasteiger partial charge in [-0.25, -0.2) is 9.78 Å². The van der Waals surface area contributed by atoms with Crippen LogP contribution in [0.3, 0.4) is 0 Å². The summed E-state index contributed by atoms with van der Waals surface area (Å²) < 4.78 is 5.69. The molecule has 0 fully saturated rings. The Hall–Kier alpha value is -3.68. The van der Waals surface area contributed by atoms with Crippen molar-refractivity contribution in [2.45, 2.75) is 32.9 Å². The predicted octanol–water partition coefficient (Wildman–Crippen LogP) is 1.59. The normalized spacial score (nSPS) is 10.5. The number of carbonyl (C=O) groups is 1. The summed E-state index contributed by atoms with van der Waals surface area (Å²) in [4.78, 5) is 44.0. The third-order valence-corrected chi connectivity index (χ3v) is 4.38. The average Bonchev–Trinajstić information content (AvgIpc) is 2.71. The lowest BCUT2D eigenvalue weighted by Crippen LogP contribution is -2.29. The number of H-pyrrole nitrogens is 2. The molecule has 0 radical (unpaired) electrons. The number of ether oxygens (including phenoxy) is 1. The topological polar surface area (TPSA) is 117 Å². The Bertz CT molecular complexity index is 1090. The van der Waals surface area contributed by atoms with Gasteiger partial charge in [0.2, 0.25) is 11.8 Å². The molecule has 1 amide bonds. The lowest BCUT2D eigenvalue weighted by atomic mass is 10.1. The zero-order chi connectivity index (χ0) is 20.6. The lowest BCUT2D eigenvalue weighted by Gasteiger charge is -2.09. The molecule has 0 atom stereocenters. The third-order valence-electron chi connectivity index (χ3n) is 4.38. The zero-order valence-corrected chi connectivity index (χ0v) is 16.0. The van der Waals surface area contributed by atoms with Gasteiger partial charge in [0.15, 0.2) is 0 Å². The van der Waals surface area contributed by atoms with Gasteiger partial charge in [-0.1, -0.05) is 30.3 Å². The molecular formula is C21H22N4O4. The Labute approximate surface area is 167 Å². The number of nitrogens with zero attached hydrogens (tertiary/aromatic N) is 1. The number of rotatable bonds is 8. The first-order valence-corrected chi connectivity index (χ1v) is 9.21. The second-order valence-corrected chi connectivity index (χ2v) is 6.57. The molecule has 2 aromatic heterocycles. The molecule has 0 aliphatic rings. The molecule has 0 saturated heterocycles. The quantitative estimate of drug-likeness (QED) is 0.536. The predicted molar refractivity (Wildman–Crippen MR) is 108 cm³/mol. The third kappa shape index (κ3) is 5.90.